The van der Waals surface area contributed by atoms with Gasteiger partial charge in [-0.05, 0) is 0 Å². The predicted octanol–water partition coefficient (Wildman–Crippen LogP) is -3.07. The number of aliphatic hydroxyl groups excluding tert-OH is 3. The van der Waals surface area contributed by atoms with Crippen LogP contribution < -0.4 is 10.8 Å². The summed E-state index contributed by atoms with van der Waals surface area (Å²) < 4.78 is 5.25. The number of hydroxylamine groups is 1. The molecule has 5 atom stereocenters. The highest BCUT2D eigenvalue weighted by molar-refractivity contribution is 5.74. The highest BCUT2D eigenvalue weighted by Gasteiger charge is 2.37. The monoisotopic (exact) mass is 308 g/mol. The fourth-order valence-electron chi connectivity index (χ4n) is 1.85. The number of carbonyl (C=O) groups excluding carboxylic acids is 1. The van der Waals surface area contributed by atoms with Crippen LogP contribution in [0.15, 0.2) is 0 Å². The van der Waals surface area contributed by atoms with E-state index in [0.717, 1.165) is 0 Å². The second-order valence-electron chi connectivity index (χ2n) is 4.67. The predicted molar refractivity (Wildman–Crippen MR) is 66.7 cm³/mol. The average Bonchev–Trinajstić information content (AvgIpc) is 2.40. The van der Waals surface area contributed by atoms with Crippen LogP contribution in [0.2, 0.25) is 0 Å². The van der Waals surface area contributed by atoms with Crippen LogP contribution in [0.3, 0.4) is 0 Å². The number of rotatable bonds is 7. The minimum Gasteiger partial charge on any atom is -0.480 e. The maximum atomic E-state index is 11.1. The zero-order chi connectivity index (χ0) is 16.0. The SMILES string of the molecule is CC(=O)NOC[C@H](N[C@@H]1C[C@@H](O)[C@@H](O)[C@@H](CO)O1)C(=O)O. The largest absolute Gasteiger partial charge is 0.480 e. The minimum absolute atomic E-state index is 0.0540. The molecule has 0 aromatic rings. The summed E-state index contributed by atoms with van der Waals surface area (Å²) in [7, 11) is 0. The molecule has 0 spiro atoms. The van der Waals surface area contributed by atoms with Crippen molar-refractivity contribution in [3.63, 3.8) is 0 Å². The molecule has 21 heavy (non-hydrogen) atoms. The summed E-state index contributed by atoms with van der Waals surface area (Å²) >= 11 is 0. The molecule has 1 saturated heterocycles. The van der Waals surface area contributed by atoms with Crippen LogP contribution in [-0.2, 0) is 19.2 Å². The third-order valence-electron chi connectivity index (χ3n) is 2.90. The Morgan fingerprint density at radius 2 is 2.10 bits per heavy atom. The number of aliphatic hydroxyl groups is 3. The van der Waals surface area contributed by atoms with Crippen LogP contribution >= 0.6 is 0 Å². The molecule has 1 aliphatic heterocycles. The van der Waals surface area contributed by atoms with Crippen molar-refractivity contribution >= 4 is 11.9 Å². The van der Waals surface area contributed by atoms with Gasteiger partial charge in [0.25, 0.3) is 0 Å². The van der Waals surface area contributed by atoms with Gasteiger partial charge in [0.05, 0.1) is 12.7 Å². The first-order chi connectivity index (χ1) is 9.85. The van der Waals surface area contributed by atoms with Gasteiger partial charge >= 0.3 is 5.97 Å². The van der Waals surface area contributed by atoms with Gasteiger partial charge in [0.15, 0.2) is 0 Å². The van der Waals surface area contributed by atoms with Crippen molar-refractivity contribution in [3.05, 3.63) is 0 Å². The van der Waals surface area contributed by atoms with E-state index in [1.54, 1.807) is 0 Å². The Kier molecular flexibility index (Phi) is 6.95. The Labute approximate surface area is 120 Å². The number of hydrogen-bond acceptors (Lipinski definition) is 8. The average molecular weight is 308 g/mol. The van der Waals surface area contributed by atoms with Crippen LogP contribution in [0.4, 0.5) is 0 Å². The van der Waals surface area contributed by atoms with Gasteiger partial charge in [0, 0.05) is 13.3 Å². The number of amides is 1. The molecule has 10 heteroatoms. The number of carbonyl (C=O) groups is 2. The van der Waals surface area contributed by atoms with E-state index in [1.807, 2.05) is 5.48 Å². The molecule has 122 valence electrons. The third-order valence-corrected chi connectivity index (χ3v) is 2.90. The summed E-state index contributed by atoms with van der Waals surface area (Å²) in [6.45, 7) is 0.324. The van der Waals surface area contributed by atoms with Gasteiger partial charge in [0.1, 0.15) is 31.1 Å². The maximum absolute atomic E-state index is 11.1. The zero-order valence-corrected chi connectivity index (χ0v) is 11.4. The Bertz CT molecular complexity index is 366. The highest BCUT2D eigenvalue weighted by Crippen LogP contribution is 2.19. The van der Waals surface area contributed by atoms with E-state index in [-0.39, 0.29) is 13.0 Å². The van der Waals surface area contributed by atoms with Gasteiger partial charge in [-0.2, -0.15) is 0 Å². The quantitative estimate of drug-likeness (QED) is 0.268. The van der Waals surface area contributed by atoms with E-state index in [2.05, 4.69) is 5.32 Å². The van der Waals surface area contributed by atoms with E-state index >= 15 is 0 Å². The molecule has 0 radical (unpaired) electrons. The Hall–Kier alpha value is -1.30. The fraction of sp³-hybridized carbons (Fsp3) is 0.818. The normalized spacial score (nSPS) is 30.7. The van der Waals surface area contributed by atoms with Gasteiger partial charge in [-0.1, -0.05) is 0 Å². The number of carboxylic acids is 1. The molecule has 1 rings (SSSR count). The lowest BCUT2D eigenvalue weighted by molar-refractivity contribution is -0.192. The van der Waals surface area contributed by atoms with Crippen molar-refractivity contribution in [1.82, 2.24) is 10.8 Å². The first kappa shape index (κ1) is 17.8. The molecule has 1 fully saturated rings. The second-order valence-corrected chi connectivity index (χ2v) is 4.67. The first-order valence-corrected chi connectivity index (χ1v) is 6.34. The number of carboxylic acid groups (broad SMARTS) is 1. The van der Waals surface area contributed by atoms with Crippen molar-refractivity contribution in [1.29, 1.82) is 0 Å². The molecule has 1 aliphatic rings. The number of nitrogens with one attached hydrogen (secondary N) is 2. The van der Waals surface area contributed by atoms with Crippen molar-refractivity contribution in [2.24, 2.45) is 0 Å². The van der Waals surface area contributed by atoms with Crippen molar-refractivity contribution in [2.75, 3.05) is 13.2 Å². The topological polar surface area (TPSA) is 158 Å². The molecule has 0 unspecified atom stereocenters. The molecule has 0 saturated carbocycles. The fourth-order valence-corrected chi connectivity index (χ4v) is 1.85. The Balaban J connectivity index is 2.54. The van der Waals surface area contributed by atoms with E-state index in [1.165, 1.54) is 6.92 Å². The molecule has 0 bridgehead atoms. The first-order valence-electron chi connectivity index (χ1n) is 6.34. The van der Waals surface area contributed by atoms with Crippen molar-refractivity contribution in [2.45, 2.75) is 43.9 Å². The van der Waals surface area contributed by atoms with Gasteiger partial charge in [-0.15, -0.1) is 0 Å². The molecule has 1 heterocycles. The van der Waals surface area contributed by atoms with E-state index in [0.29, 0.717) is 0 Å². The minimum atomic E-state index is -1.25. The zero-order valence-electron chi connectivity index (χ0n) is 11.4. The van der Waals surface area contributed by atoms with Gasteiger partial charge < -0.3 is 25.2 Å². The van der Waals surface area contributed by atoms with Crippen LogP contribution in [0.25, 0.3) is 0 Å². The van der Waals surface area contributed by atoms with Crippen molar-refractivity contribution < 1.29 is 39.6 Å². The van der Waals surface area contributed by atoms with E-state index in [4.69, 9.17) is 19.8 Å². The van der Waals surface area contributed by atoms with Gasteiger partial charge in [-0.3, -0.25) is 19.7 Å². The molecule has 0 aliphatic carbocycles. The summed E-state index contributed by atoms with van der Waals surface area (Å²) in [5.41, 5.74) is 1.99. The van der Waals surface area contributed by atoms with Gasteiger partial charge in [0.2, 0.25) is 5.91 Å². The molecular weight excluding hydrogens is 288 g/mol. The summed E-state index contributed by atoms with van der Waals surface area (Å²) in [5, 5.41) is 39.8. The lowest BCUT2D eigenvalue weighted by atomic mass is 10.0. The highest BCUT2D eigenvalue weighted by atomic mass is 16.7. The smallest absolute Gasteiger partial charge is 0.323 e. The van der Waals surface area contributed by atoms with Crippen LogP contribution in [0.5, 0.6) is 0 Å². The van der Waals surface area contributed by atoms with Crippen LogP contribution in [-0.4, -0.2) is 76.1 Å². The number of hydrogen-bond donors (Lipinski definition) is 6. The van der Waals surface area contributed by atoms with Crippen LogP contribution in [0, 0.1) is 0 Å². The second kappa shape index (κ2) is 8.22. The van der Waals surface area contributed by atoms with E-state index in [9.17, 15) is 19.8 Å². The van der Waals surface area contributed by atoms with Crippen LogP contribution in [0.1, 0.15) is 13.3 Å². The number of ether oxygens (including phenoxy) is 1. The summed E-state index contributed by atoms with van der Waals surface area (Å²) in [6.07, 6.45) is -4.35. The summed E-state index contributed by atoms with van der Waals surface area (Å²) in [6, 6.07) is -1.20. The Morgan fingerprint density at radius 1 is 1.43 bits per heavy atom. The van der Waals surface area contributed by atoms with E-state index < -0.39 is 49.1 Å². The molecule has 0 aromatic heterocycles. The lowest BCUT2D eigenvalue weighted by Gasteiger charge is -2.37. The Morgan fingerprint density at radius 3 is 2.62 bits per heavy atom. The number of aliphatic carboxylic acids is 1. The van der Waals surface area contributed by atoms with Crippen molar-refractivity contribution in [3.8, 4) is 0 Å². The van der Waals surface area contributed by atoms with Gasteiger partial charge in [-0.25, -0.2) is 5.48 Å². The molecule has 0 aromatic carbocycles. The molecule has 10 nitrogen and oxygen atoms in total. The lowest BCUT2D eigenvalue weighted by Crippen LogP contribution is -2.57. The molecular formula is C11H20N2O8. The summed E-state index contributed by atoms with van der Waals surface area (Å²) in [5.74, 6) is -1.72. The summed E-state index contributed by atoms with van der Waals surface area (Å²) in [4.78, 5) is 26.4. The molecule has 6 N–H and O–H groups in total. The maximum Gasteiger partial charge on any atom is 0.323 e. The standard InChI is InChI=1S/C11H20N2O8/c1-5(15)13-20-4-6(11(18)19)12-9-2-7(16)10(17)8(3-14)21-9/h6-10,12,14,16-17H,2-4H2,1H3,(H,13,15)(H,18,19)/t6-,7+,8+,9-,10+/m0/s1. The molecule has 1 amide bonds. The third kappa shape index (κ3) is 5.53.